The molecule has 0 atom stereocenters. The van der Waals surface area contributed by atoms with E-state index in [0.717, 1.165) is 33.4 Å². The molecule has 0 radical (unpaired) electrons. The van der Waals surface area contributed by atoms with Gasteiger partial charge in [0.25, 0.3) is 0 Å². The van der Waals surface area contributed by atoms with Crippen molar-refractivity contribution in [2.45, 2.75) is 0 Å². The number of anilines is 3. The third-order valence-corrected chi connectivity index (χ3v) is 7.29. The van der Waals surface area contributed by atoms with Crippen LogP contribution in [0.3, 0.4) is 0 Å². The molecule has 0 bridgehead atoms. The number of thiophene rings is 1. The Morgan fingerprint density at radius 2 is 1.50 bits per heavy atom. The summed E-state index contributed by atoms with van der Waals surface area (Å²) in [5.74, 6) is 3.50. The van der Waals surface area contributed by atoms with E-state index >= 15 is 0 Å². The van der Waals surface area contributed by atoms with Crippen LogP contribution >= 0.6 is 11.3 Å². The van der Waals surface area contributed by atoms with E-state index in [-0.39, 0.29) is 0 Å². The largest absolute Gasteiger partial charge is 0.497 e. The topological polar surface area (TPSA) is 105 Å². The lowest BCUT2D eigenvalue weighted by atomic mass is 10.2. The highest BCUT2D eigenvalue weighted by Crippen LogP contribution is 2.34. The van der Waals surface area contributed by atoms with Gasteiger partial charge in [-0.3, -0.25) is 0 Å². The average molecular weight is 556 g/mol. The number of benzene rings is 3. The van der Waals surface area contributed by atoms with Crippen LogP contribution in [0.5, 0.6) is 23.0 Å². The molecular formula is C30H29N5O4S. The quantitative estimate of drug-likeness (QED) is 0.211. The third kappa shape index (κ3) is 5.57. The van der Waals surface area contributed by atoms with Crippen molar-refractivity contribution in [3.05, 3.63) is 85.1 Å². The van der Waals surface area contributed by atoms with Crippen molar-refractivity contribution in [3.63, 3.8) is 0 Å². The molecule has 9 nitrogen and oxygen atoms in total. The second kappa shape index (κ2) is 11.8. The predicted octanol–water partition coefficient (Wildman–Crippen LogP) is 6.66. The summed E-state index contributed by atoms with van der Waals surface area (Å²) in [6, 6.07) is 25.3. The summed E-state index contributed by atoms with van der Waals surface area (Å²) in [7, 11) is 6.44. The number of fused-ring (bicyclic) bond motifs is 2. The molecule has 0 saturated carbocycles. The molecule has 3 heterocycles. The highest BCUT2D eigenvalue weighted by atomic mass is 32.1. The fourth-order valence-electron chi connectivity index (χ4n) is 4.07. The van der Waals surface area contributed by atoms with Gasteiger partial charge in [-0.25, -0.2) is 9.50 Å². The molecule has 0 amide bonds. The van der Waals surface area contributed by atoms with E-state index in [2.05, 4.69) is 40.6 Å². The minimum atomic E-state index is 0.619. The lowest BCUT2D eigenvalue weighted by molar-refractivity contribution is 0.395. The first-order valence-electron chi connectivity index (χ1n) is 12.3. The molecule has 3 aromatic heterocycles. The molecule has 0 fully saturated rings. The number of aromatic nitrogens is 3. The number of hydrogen-bond acceptors (Lipinski definition) is 9. The van der Waals surface area contributed by atoms with Crippen molar-refractivity contribution in [1.29, 1.82) is 0 Å². The zero-order valence-electron chi connectivity index (χ0n) is 22.5. The van der Waals surface area contributed by atoms with Crippen molar-refractivity contribution in [3.8, 4) is 33.6 Å². The molecule has 0 spiro atoms. The standard InChI is InChI=1S/C22H18N4O2S.C8H11NO2/c1-27-15-7-8-16(18(12-15)28-2)24-21-9-10-22-23-13-17(26(22)25-21)20-11-14-5-3-4-6-19(14)29-20;1-10-6-3-4-7(9)8(5-6)11-2/h3-13H,1-2H3,(H,24,25);3-5H,9H2,1-2H3. The molecule has 40 heavy (non-hydrogen) atoms. The fraction of sp³-hybridized carbons (Fsp3) is 0.133. The maximum Gasteiger partial charge on any atom is 0.154 e. The van der Waals surface area contributed by atoms with Crippen LogP contribution in [0.4, 0.5) is 17.2 Å². The van der Waals surface area contributed by atoms with E-state index in [0.29, 0.717) is 23.0 Å². The van der Waals surface area contributed by atoms with Gasteiger partial charge in [-0.15, -0.1) is 16.4 Å². The Labute approximate surface area is 235 Å². The van der Waals surface area contributed by atoms with Crippen LogP contribution in [0.1, 0.15) is 0 Å². The molecule has 10 heteroatoms. The van der Waals surface area contributed by atoms with E-state index in [1.54, 1.807) is 58.0 Å². The molecule has 0 unspecified atom stereocenters. The van der Waals surface area contributed by atoms with Gasteiger partial charge in [-0.05, 0) is 53.9 Å². The number of methoxy groups -OCH3 is 4. The Morgan fingerprint density at radius 1 is 0.775 bits per heavy atom. The number of imidazole rings is 1. The second-order valence-electron chi connectivity index (χ2n) is 8.58. The third-order valence-electron chi connectivity index (χ3n) is 6.15. The van der Waals surface area contributed by atoms with Crippen molar-refractivity contribution >= 4 is 44.3 Å². The SMILES string of the molecule is COc1ccc(N)c(OC)c1.COc1ccc(Nc2ccc3ncc(-c4cc5ccccc5s4)n3n2)c(OC)c1. The molecule has 6 aromatic rings. The zero-order valence-corrected chi connectivity index (χ0v) is 23.4. The summed E-state index contributed by atoms with van der Waals surface area (Å²) in [6.45, 7) is 0. The minimum absolute atomic E-state index is 0.619. The van der Waals surface area contributed by atoms with Crippen LogP contribution < -0.4 is 30.0 Å². The van der Waals surface area contributed by atoms with E-state index in [1.165, 1.54) is 10.1 Å². The highest BCUT2D eigenvalue weighted by Gasteiger charge is 2.12. The first-order chi connectivity index (χ1) is 19.5. The van der Waals surface area contributed by atoms with E-state index in [1.807, 2.05) is 41.0 Å². The van der Waals surface area contributed by atoms with E-state index < -0.39 is 0 Å². The summed E-state index contributed by atoms with van der Waals surface area (Å²) >= 11 is 1.73. The lowest BCUT2D eigenvalue weighted by Gasteiger charge is -2.12. The summed E-state index contributed by atoms with van der Waals surface area (Å²) in [5.41, 5.74) is 8.76. The molecule has 3 aromatic carbocycles. The first-order valence-corrected chi connectivity index (χ1v) is 13.1. The smallest absolute Gasteiger partial charge is 0.154 e. The second-order valence-corrected chi connectivity index (χ2v) is 9.66. The number of rotatable bonds is 7. The van der Waals surface area contributed by atoms with Crippen LogP contribution in [0.15, 0.2) is 85.1 Å². The summed E-state index contributed by atoms with van der Waals surface area (Å²) < 4.78 is 23.8. The Morgan fingerprint density at radius 3 is 2.23 bits per heavy atom. The van der Waals surface area contributed by atoms with Crippen LogP contribution in [0.25, 0.3) is 26.3 Å². The van der Waals surface area contributed by atoms with Crippen LogP contribution in [-0.2, 0) is 0 Å². The maximum absolute atomic E-state index is 5.57. The molecule has 0 aliphatic carbocycles. The van der Waals surface area contributed by atoms with Crippen molar-refractivity contribution in [2.75, 3.05) is 39.5 Å². The number of ether oxygens (including phenoxy) is 4. The van der Waals surface area contributed by atoms with Gasteiger partial charge in [-0.1, -0.05) is 18.2 Å². The van der Waals surface area contributed by atoms with Gasteiger partial charge in [0.05, 0.1) is 50.9 Å². The Hall–Kier alpha value is -4.96. The number of nitrogens with two attached hydrogens (primary N) is 1. The van der Waals surface area contributed by atoms with Crippen molar-refractivity contribution in [1.82, 2.24) is 14.6 Å². The molecule has 204 valence electrons. The number of hydrogen-bond donors (Lipinski definition) is 2. The highest BCUT2D eigenvalue weighted by molar-refractivity contribution is 7.22. The lowest BCUT2D eigenvalue weighted by Crippen LogP contribution is -2.01. The van der Waals surface area contributed by atoms with Gasteiger partial charge in [0, 0.05) is 16.8 Å². The van der Waals surface area contributed by atoms with Gasteiger partial charge in [0.15, 0.2) is 11.5 Å². The summed E-state index contributed by atoms with van der Waals surface area (Å²) in [6.07, 6.45) is 1.87. The van der Waals surface area contributed by atoms with Crippen LogP contribution in [0, 0.1) is 0 Å². The summed E-state index contributed by atoms with van der Waals surface area (Å²) in [5, 5.41) is 9.30. The molecule has 0 aliphatic rings. The molecular weight excluding hydrogens is 526 g/mol. The number of nitrogen functional groups attached to an aromatic ring is 1. The van der Waals surface area contributed by atoms with Gasteiger partial charge in [0.2, 0.25) is 0 Å². The predicted molar refractivity (Wildman–Crippen MR) is 161 cm³/mol. The monoisotopic (exact) mass is 555 g/mol. The summed E-state index contributed by atoms with van der Waals surface area (Å²) in [4.78, 5) is 5.64. The van der Waals surface area contributed by atoms with E-state index in [4.69, 9.17) is 29.8 Å². The zero-order chi connectivity index (χ0) is 28.1. The number of nitrogens with one attached hydrogen (secondary N) is 1. The van der Waals surface area contributed by atoms with Crippen LogP contribution in [0.2, 0.25) is 0 Å². The first kappa shape index (κ1) is 26.6. The normalized spacial score (nSPS) is 10.6. The molecule has 6 rings (SSSR count). The minimum Gasteiger partial charge on any atom is -0.497 e. The van der Waals surface area contributed by atoms with E-state index in [9.17, 15) is 0 Å². The van der Waals surface area contributed by atoms with Gasteiger partial charge >= 0.3 is 0 Å². The Balaban J connectivity index is 0.000000248. The van der Waals surface area contributed by atoms with Gasteiger partial charge < -0.3 is 30.0 Å². The molecule has 0 aliphatic heterocycles. The Kier molecular flexibility index (Phi) is 7.88. The fourth-order valence-corrected chi connectivity index (χ4v) is 5.13. The Bertz CT molecular complexity index is 1730. The van der Waals surface area contributed by atoms with Crippen molar-refractivity contribution < 1.29 is 18.9 Å². The average Bonchev–Trinajstić information content (AvgIpc) is 3.62. The van der Waals surface area contributed by atoms with Crippen LogP contribution in [-0.4, -0.2) is 43.0 Å². The maximum atomic E-state index is 5.57. The van der Waals surface area contributed by atoms with Gasteiger partial charge in [0.1, 0.15) is 28.7 Å². The number of nitrogens with zero attached hydrogens (tertiary/aromatic N) is 3. The molecule has 0 saturated heterocycles. The van der Waals surface area contributed by atoms with Gasteiger partial charge in [-0.2, -0.15) is 0 Å². The molecule has 3 N–H and O–H groups in total. The van der Waals surface area contributed by atoms with Crippen molar-refractivity contribution in [2.24, 2.45) is 0 Å².